The molecule has 2 N–H and O–H groups in total. The molecular formula is C13H21N3OS. The molecule has 1 saturated heterocycles. The molecule has 1 aromatic heterocycles. The lowest BCUT2D eigenvalue weighted by molar-refractivity contribution is -0.121. The molecule has 1 amide bonds. The number of thiazole rings is 1. The van der Waals surface area contributed by atoms with Crippen LogP contribution in [0.4, 0.5) is 0 Å². The first-order valence-corrected chi connectivity index (χ1v) is 7.42. The molecule has 1 fully saturated rings. The molecule has 0 aliphatic carbocycles. The Labute approximate surface area is 112 Å². The summed E-state index contributed by atoms with van der Waals surface area (Å²) in [4.78, 5) is 17.3. The topological polar surface area (TPSA) is 54.0 Å². The molecular weight excluding hydrogens is 246 g/mol. The summed E-state index contributed by atoms with van der Waals surface area (Å²) in [6, 6.07) is 0.556. The zero-order chi connectivity index (χ0) is 13.0. The van der Waals surface area contributed by atoms with Gasteiger partial charge in [0.1, 0.15) is 5.01 Å². The number of nitrogens with zero attached hydrogens (tertiary/aromatic N) is 1. The number of aromatic nitrogens is 1. The first-order chi connectivity index (χ1) is 8.65. The van der Waals surface area contributed by atoms with E-state index in [1.165, 1.54) is 17.7 Å². The van der Waals surface area contributed by atoms with Crippen LogP contribution in [0.15, 0.2) is 6.20 Å². The molecule has 2 rings (SSSR count). The van der Waals surface area contributed by atoms with Crippen LogP contribution in [0.1, 0.15) is 48.5 Å². The predicted molar refractivity (Wildman–Crippen MR) is 73.7 cm³/mol. The summed E-state index contributed by atoms with van der Waals surface area (Å²) in [6.07, 6.45) is 5.84. The predicted octanol–water partition coefficient (Wildman–Crippen LogP) is 2.16. The Morgan fingerprint density at radius 3 is 3.17 bits per heavy atom. The van der Waals surface area contributed by atoms with Gasteiger partial charge in [-0.2, -0.15) is 0 Å². The number of rotatable bonds is 5. The lowest BCUT2D eigenvalue weighted by Gasteiger charge is -2.13. The van der Waals surface area contributed by atoms with E-state index in [2.05, 4.69) is 15.6 Å². The second kappa shape index (κ2) is 6.29. The van der Waals surface area contributed by atoms with Crippen LogP contribution in [0.3, 0.4) is 0 Å². The fourth-order valence-electron chi connectivity index (χ4n) is 2.26. The molecule has 2 atom stereocenters. The summed E-state index contributed by atoms with van der Waals surface area (Å²) in [7, 11) is 0. The van der Waals surface area contributed by atoms with Crippen LogP contribution in [-0.4, -0.2) is 23.5 Å². The molecule has 0 radical (unpaired) electrons. The summed E-state index contributed by atoms with van der Waals surface area (Å²) in [5.41, 5.74) is 0. The van der Waals surface area contributed by atoms with Crippen molar-refractivity contribution < 1.29 is 4.79 Å². The second-order valence-corrected chi connectivity index (χ2v) is 6.20. The van der Waals surface area contributed by atoms with E-state index in [0.29, 0.717) is 12.5 Å². The number of hydrogen-bond donors (Lipinski definition) is 2. The van der Waals surface area contributed by atoms with Crippen molar-refractivity contribution in [2.24, 2.45) is 0 Å². The van der Waals surface area contributed by atoms with Crippen LogP contribution in [0.25, 0.3) is 0 Å². The van der Waals surface area contributed by atoms with E-state index in [4.69, 9.17) is 0 Å². The molecule has 0 bridgehead atoms. The van der Waals surface area contributed by atoms with Gasteiger partial charge in [-0.25, -0.2) is 4.98 Å². The highest BCUT2D eigenvalue weighted by Gasteiger charge is 2.17. The third-order valence-electron chi connectivity index (χ3n) is 3.27. The van der Waals surface area contributed by atoms with Gasteiger partial charge in [0.2, 0.25) is 5.91 Å². The van der Waals surface area contributed by atoms with Gasteiger partial charge in [0.15, 0.2) is 0 Å². The highest BCUT2D eigenvalue weighted by Crippen LogP contribution is 2.19. The minimum absolute atomic E-state index is 0.0211. The van der Waals surface area contributed by atoms with E-state index in [1.54, 1.807) is 11.3 Å². The number of carbonyl (C=O) groups is 1. The Balaban J connectivity index is 1.73. The summed E-state index contributed by atoms with van der Waals surface area (Å²) in [5.74, 6) is 0.129. The summed E-state index contributed by atoms with van der Waals surface area (Å²) in [5, 5.41) is 7.41. The zero-order valence-corrected chi connectivity index (χ0v) is 11.8. The van der Waals surface area contributed by atoms with Crippen molar-refractivity contribution >= 4 is 17.2 Å². The molecule has 5 heteroatoms. The van der Waals surface area contributed by atoms with Crippen molar-refractivity contribution in [3.63, 3.8) is 0 Å². The first-order valence-electron chi connectivity index (χ1n) is 6.60. The maximum atomic E-state index is 11.8. The van der Waals surface area contributed by atoms with Crippen molar-refractivity contribution in [2.75, 3.05) is 6.54 Å². The van der Waals surface area contributed by atoms with Crippen LogP contribution >= 0.6 is 11.3 Å². The van der Waals surface area contributed by atoms with Crippen molar-refractivity contribution in [1.82, 2.24) is 15.6 Å². The standard InChI is InChI=1S/C13H21N3OS/c1-9-8-15-13(18-9)10(2)16-12(17)6-5-11-4-3-7-14-11/h8,10-11,14H,3-7H2,1-2H3,(H,16,17). The average Bonchev–Trinajstić information content (AvgIpc) is 2.97. The third kappa shape index (κ3) is 3.78. The molecule has 2 unspecified atom stereocenters. The van der Waals surface area contributed by atoms with Crippen LogP contribution < -0.4 is 10.6 Å². The molecule has 0 saturated carbocycles. The van der Waals surface area contributed by atoms with Crippen molar-refractivity contribution in [2.45, 2.75) is 51.6 Å². The average molecular weight is 267 g/mol. The molecule has 0 aromatic carbocycles. The molecule has 1 aliphatic rings. The molecule has 0 spiro atoms. The number of aryl methyl sites for hydroxylation is 1. The minimum atomic E-state index is 0.0211. The summed E-state index contributed by atoms with van der Waals surface area (Å²) < 4.78 is 0. The summed E-state index contributed by atoms with van der Waals surface area (Å²) >= 11 is 1.64. The Hall–Kier alpha value is -0.940. The van der Waals surface area contributed by atoms with Crippen LogP contribution in [0, 0.1) is 6.92 Å². The maximum Gasteiger partial charge on any atom is 0.220 e. The van der Waals surface area contributed by atoms with Gasteiger partial charge in [-0.05, 0) is 39.7 Å². The Morgan fingerprint density at radius 1 is 1.72 bits per heavy atom. The molecule has 2 heterocycles. The van der Waals surface area contributed by atoms with E-state index in [1.807, 2.05) is 20.0 Å². The number of hydrogen-bond acceptors (Lipinski definition) is 4. The Bertz CT molecular complexity index is 399. The number of amides is 1. The smallest absolute Gasteiger partial charge is 0.220 e. The van der Waals surface area contributed by atoms with Gasteiger partial charge in [-0.15, -0.1) is 11.3 Å². The van der Waals surface area contributed by atoms with Gasteiger partial charge < -0.3 is 10.6 Å². The van der Waals surface area contributed by atoms with E-state index in [-0.39, 0.29) is 11.9 Å². The van der Waals surface area contributed by atoms with Crippen LogP contribution in [-0.2, 0) is 4.79 Å². The first kappa shape index (κ1) is 13.5. The van der Waals surface area contributed by atoms with Gasteiger partial charge in [-0.3, -0.25) is 4.79 Å². The van der Waals surface area contributed by atoms with Gasteiger partial charge in [0.05, 0.1) is 6.04 Å². The van der Waals surface area contributed by atoms with Crippen molar-refractivity contribution in [3.8, 4) is 0 Å². The van der Waals surface area contributed by atoms with E-state index >= 15 is 0 Å². The minimum Gasteiger partial charge on any atom is -0.347 e. The molecule has 1 aliphatic heterocycles. The third-order valence-corrected chi connectivity index (χ3v) is 4.36. The quantitative estimate of drug-likeness (QED) is 0.859. The number of carbonyl (C=O) groups excluding carboxylic acids is 1. The largest absolute Gasteiger partial charge is 0.347 e. The molecule has 1 aromatic rings. The summed E-state index contributed by atoms with van der Waals surface area (Å²) in [6.45, 7) is 5.12. The highest BCUT2D eigenvalue weighted by atomic mass is 32.1. The van der Waals surface area contributed by atoms with E-state index in [9.17, 15) is 4.79 Å². The Kier molecular flexibility index (Phi) is 4.72. The highest BCUT2D eigenvalue weighted by molar-refractivity contribution is 7.11. The van der Waals surface area contributed by atoms with E-state index in [0.717, 1.165) is 18.0 Å². The fourth-order valence-corrected chi connectivity index (χ4v) is 3.03. The monoisotopic (exact) mass is 267 g/mol. The SMILES string of the molecule is Cc1cnc(C(C)NC(=O)CCC2CCCN2)s1. The van der Waals surface area contributed by atoms with Gasteiger partial charge >= 0.3 is 0 Å². The van der Waals surface area contributed by atoms with Crippen LogP contribution in [0.2, 0.25) is 0 Å². The Morgan fingerprint density at radius 2 is 2.56 bits per heavy atom. The zero-order valence-electron chi connectivity index (χ0n) is 11.0. The van der Waals surface area contributed by atoms with Gasteiger partial charge in [0, 0.05) is 23.5 Å². The lowest BCUT2D eigenvalue weighted by Crippen LogP contribution is -2.29. The van der Waals surface area contributed by atoms with Crippen molar-refractivity contribution in [3.05, 3.63) is 16.1 Å². The van der Waals surface area contributed by atoms with Gasteiger partial charge in [-0.1, -0.05) is 0 Å². The van der Waals surface area contributed by atoms with Crippen molar-refractivity contribution in [1.29, 1.82) is 0 Å². The maximum absolute atomic E-state index is 11.8. The fraction of sp³-hybridized carbons (Fsp3) is 0.692. The lowest BCUT2D eigenvalue weighted by atomic mass is 10.1. The molecule has 100 valence electrons. The normalized spacial score (nSPS) is 20.9. The second-order valence-electron chi connectivity index (χ2n) is 4.93. The van der Waals surface area contributed by atoms with E-state index < -0.39 is 0 Å². The molecule has 4 nitrogen and oxygen atoms in total. The van der Waals surface area contributed by atoms with Gasteiger partial charge in [0.25, 0.3) is 0 Å². The number of nitrogens with one attached hydrogen (secondary N) is 2. The molecule has 18 heavy (non-hydrogen) atoms. The van der Waals surface area contributed by atoms with Crippen LogP contribution in [0.5, 0.6) is 0 Å².